The number of hydrogen-bond donors (Lipinski definition) is 0. The zero-order chi connectivity index (χ0) is 18.1. The largest absolute Gasteiger partial charge is 0.383 e. The molecule has 0 fully saturated rings. The fourth-order valence-corrected chi connectivity index (χ4v) is 3.14. The molecule has 6 nitrogen and oxygen atoms in total. The number of nitrogens with zero attached hydrogens (tertiary/aromatic N) is 5. The molecule has 0 radical (unpaired) electrons. The Hall–Kier alpha value is -1.67. The lowest BCUT2D eigenvalue weighted by atomic mass is 10.1. The number of hydrogen-bond acceptors (Lipinski definition) is 5. The number of ether oxygens (including phenoxy) is 1. The molecular formula is C15H13Cl3FN5O. The molecule has 0 aliphatic rings. The molecule has 2 heterocycles. The van der Waals surface area contributed by atoms with Crippen molar-refractivity contribution in [2.24, 2.45) is 0 Å². The zero-order valence-corrected chi connectivity index (χ0v) is 15.6. The number of benzene rings is 1. The first kappa shape index (κ1) is 18.1. The molecule has 0 saturated heterocycles. The zero-order valence-electron chi connectivity index (χ0n) is 13.3. The average Bonchev–Trinajstić information content (AvgIpc) is 2.92. The highest BCUT2D eigenvalue weighted by molar-refractivity contribution is 6.36. The van der Waals surface area contributed by atoms with Crippen molar-refractivity contribution in [2.45, 2.75) is 0 Å². The summed E-state index contributed by atoms with van der Waals surface area (Å²) in [7, 11) is 3.38. The van der Waals surface area contributed by atoms with Crippen molar-refractivity contribution in [3.63, 3.8) is 0 Å². The Morgan fingerprint density at radius 1 is 1.20 bits per heavy atom. The number of methoxy groups -OCH3 is 1. The SMILES string of the molecule is COCCN(C)c1c(-c2c(F)cccc2Cl)c(Cl)nc2nc(Cl)nn12. The van der Waals surface area contributed by atoms with Gasteiger partial charge < -0.3 is 9.64 Å². The van der Waals surface area contributed by atoms with Gasteiger partial charge in [-0.15, -0.1) is 5.10 Å². The molecule has 1 aromatic carbocycles. The van der Waals surface area contributed by atoms with Gasteiger partial charge in [-0.2, -0.15) is 14.5 Å². The smallest absolute Gasteiger partial charge is 0.256 e. The molecule has 132 valence electrons. The van der Waals surface area contributed by atoms with Gasteiger partial charge in [0, 0.05) is 26.3 Å². The molecule has 3 rings (SSSR count). The molecule has 10 heteroatoms. The van der Waals surface area contributed by atoms with Crippen LogP contribution in [0.15, 0.2) is 18.2 Å². The minimum absolute atomic E-state index is 0.00161. The summed E-state index contributed by atoms with van der Waals surface area (Å²) in [6.07, 6.45) is 0. The minimum atomic E-state index is -0.525. The summed E-state index contributed by atoms with van der Waals surface area (Å²) in [5.41, 5.74) is 0.437. The molecule has 0 atom stereocenters. The molecule has 25 heavy (non-hydrogen) atoms. The molecule has 3 aromatic rings. The summed E-state index contributed by atoms with van der Waals surface area (Å²) in [6, 6.07) is 4.39. The summed E-state index contributed by atoms with van der Waals surface area (Å²) in [6.45, 7) is 0.924. The van der Waals surface area contributed by atoms with Crippen LogP contribution in [0.2, 0.25) is 15.5 Å². The number of likely N-dealkylation sites (N-methyl/N-ethyl adjacent to an activating group) is 1. The molecule has 0 spiro atoms. The van der Waals surface area contributed by atoms with Crippen LogP contribution < -0.4 is 4.90 Å². The van der Waals surface area contributed by atoms with Gasteiger partial charge in [-0.1, -0.05) is 29.3 Å². The summed E-state index contributed by atoms with van der Waals surface area (Å²) in [4.78, 5) is 9.98. The molecule has 0 saturated carbocycles. The van der Waals surface area contributed by atoms with Crippen molar-refractivity contribution in [1.29, 1.82) is 0 Å². The second-order valence-corrected chi connectivity index (χ2v) is 6.31. The van der Waals surface area contributed by atoms with Crippen LogP contribution in [0.25, 0.3) is 16.9 Å². The van der Waals surface area contributed by atoms with Crippen LogP contribution in [-0.4, -0.2) is 46.9 Å². The van der Waals surface area contributed by atoms with Gasteiger partial charge in [-0.05, 0) is 23.7 Å². The van der Waals surface area contributed by atoms with Crippen LogP contribution in [0.5, 0.6) is 0 Å². The van der Waals surface area contributed by atoms with E-state index in [0.717, 1.165) is 0 Å². The Morgan fingerprint density at radius 3 is 2.64 bits per heavy atom. The number of rotatable bonds is 5. The van der Waals surface area contributed by atoms with Gasteiger partial charge in [0.25, 0.3) is 5.78 Å². The predicted molar refractivity (Wildman–Crippen MR) is 96.4 cm³/mol. The van der Waals surface area contributed by atoms with Crippen molar-refractivity contribution in [3.8, 4) is 11.1 Å². The Morgan fingerprint density at radius 2 is 1.96 bits per heavy atom. The van der Waals surface area contributed by atoms with E-state index in [1.165, 1.54) is 16.6 Å². The normalized spacial score (nSPS) is 11.3. The summed E-state index contributed by atoms with van der Waals surface area (Å²) >= 11 is 18.5. The van der Waals surface area contributed by atoms with E-state index in [1.54, 1.807) is 25.1 Å². The highest BCUT2D eigenvalue weighted by atomic mass is 35.5. The highest BCUT2D eigenvalue weighted by Crippen LogP contribution is 2.40. The van der Waals surface area contributed by atoms with Crippen LogP contribution in [0, 0.1) is 5.82 Å². The Balaban J connectivity index is 2.35. The van der Waals surface area contributed by atoms with E-state index in [-0.39, 0.29) is 26.8 Å². The molecule has 0 aliphatic carbocycles. The number of fused-ring (bicyclic) bond motifs is 1. The van der Waals surface area contributed by atoms with Crippen LogP contribution in [0.4, 0.5) is 10.2 Å². The molecule has 0 aliphatic heterocycles. The van der Waals surface area contributed by atoms with E-state index in [1.807, 2.05) is 0 Å². The van der Waals surface area contributed by atoms with Crippen molar-refractivity contribution < 1.29 is 9.13 Å². The molecule has 0 amide bonds. The van der Waals surface area contributed by atoms with Crippen molar-refractivity contribution in [1.82, 2.24) is 19.6 Å². The summed E-state index contributed by atoms with van der Waals surface area (Å²) in [5, 5.41) is 4.38. The van der Waals surface area contributed by atoms with E-state index in [4.69, 9.17) is 39.5 Å². The number of anilines is 1. The number of aromatic nitrogens is 4. The van der Waals surface area contributed by atoms with Gasteiger partial charge in [0.15, 0.2) is 0 Å². The van der Waals surface area contributed by atoms with Crippen LogP contribution in [0.1, 0.15) is 0 Å². The lowest BCUT2D eigenvalue weighted by molar-refractivity contribution is 0.206. The standard InChI is InChI=1S/C15H13Cl3FN5O/c1-23(6-7-25-2)13-11(10-8(16)4-3-5-9(10)19)12(17)20-15-21-14(18)22-24(13)15/h3-5H,6-7H2,1-2H3. The van der Waals surface area contributed by atoms with Crippen LogP contribution >= 0.6 is 34.8 Å². The van der Waals surface area contributed by atoms with E-state index in [0.29, 0.717) is 24.5 Å². The average molecular weight is 405 g/mol. The van der Waals surface area contributed by atoms with E-state index < -0.39 is 5.82 Å². The third-order valence-electron chi connectivity index (χ3n) is 3.60. The molecular weight excluding hydrogens is 392 g/mol. The van der Waals surface area contributed by atoms with Crippen molar-refractivity contribution >= 4 is 46.4 Å². The molecule has 0 unspecified atom stereocenters. The van der Waals surface area contributed by atoms with Crippen molar-refractivity contribution in [2.75, 3.05) is 32.2 Å². The quantitative estimate of drug-likeness (QED) is 0.602. The Bertz CT molecular complexity index is 913. The van der Waals surface area contributed by atoms with Crippen LogP contribution in [0.3, 0.4) is 0 Å². The first-order chi connectivity index (χ1) is 11.9. The monoisotopic (exact) mass is 403 g/mol. The first-order valence-electron chi connectivity index (χ1n) is 7.20. The summed E-state index contributed by atoms with van der Waals surface area (Å²) < 4.78 is 21.0. The molecule has 0 bridgehead atoms. The second-order valence-electron chi connectivity index (χ2n) is 5.20. The molecule has 2 aromatic heterocycles. The maximum absolute atomic E-state index is 14.5. The van der Waals surface area contributed by atoms with Crippen LogP contribution in [-0.2, 0) is 4.74 Å². The Kier molecular flexibility index (Phi) is 5.29. The summed E-state index contributed by atoms with van der Waals surface area (Å²) in [5.74, 6) is 0.132. The van der Waals surface area contributed by atoms with E-state index in [2.05, 4.69) is 15.1 Å². The van der Waals surface area contributed by atoms with Gasteiger partial charge in [-0.25, -0.2) is 4.39 Å². The fraction of sp³-hybridized carbons (Fsp3) is 0.267. The van der Waals surface area contributed by atoms with Crippen molar-refractivity contribution in [3.05, 3.63) is 39.5 Å². The van der Waals surface area contributed by atoms with Gasteiger partial charge in [0.05, 0.1) is 17.2 Å². The lowest BCUT2D eigenvalue weighted by Crippen LogP contribution is -2.26. The fourth-order valence-electron chi connectivity index (χ4n) is 2.47. The predicted octanol–water partition coefficient (Wildman–Crippen LogP) is 3.97. The lowest BCUT2D eigenvalue weighted by Gasteiger charge is -2.23. The third kappa shape index (κ3) is 3.37. The maximum Gasteiger partial charge on any atom is 0.256 e. The third-order valence-corrected chi connectivity index (χ3v) is 4.35. The molecule has 0 N–H and O–H groups in total. The second kappa shape index (κ2) is 7.29. The minimum Gasteiger partial charge on any atom is -0.383 e. The van der Waals surface area contributed by atoms with E-state index in [9.17, 15) is 4.39 Å². The first-order valence-corrected chi connectivity index (χ1v) is 8.33. The van der Waals surface area contributed by atoms with Gasteiger partial charge in [0.2, 0.25) is 5.28 Å². The van der Waals surface area contributed by atoms with Gasteiger partial charge in [-0.3, -0.25) is 0 Å². The topological polar surface area (TPSA) is 55.5 Å². The van der Waals surface area contributed by atoms with E-state index >= 15 is 0 Å². The maximum atomic E-state index is 14.5. The van der Waals surface area contributed by atoms with Gasteiger partial charge in [0.1, 0.15) is 16.8 Å². The highest BCUT2D eigenvalue weighted by Gasteiger charge is 2.25. The Labute approximate surface area is 158 Å². The van der Waals surface area contributed by atoms with Gasteiger partial charge >= 0.3 is 0 Å². The number of halogens is 4.